The van der Waals surface area contributed by atoms with Crippen molar-refractivity contribution in [1.29, 1.82) is 0 Å². The van der Waals surface area contributed by atoms with Crippen molar-refractivity contribution in [2.45, 2.75) is 38.1 Å². The first-order chi connectivity index (χ1) is 14.3. The first kappa shape index (κ1) is 18.8. The van der Waals surface area contributed by atoms with Crippen LogP contribution in [0.4, 0.5) is 5.69 Å². The largest absolute Gasteiger partial charge is 0.384 e. The van der Waals surface area contributed by atoms with Crippen molar-refractivity contribution in [3.05, 3.63) is 64.7 Å². The number of rotatable bonds is 6. The van der Waals surface area contributed by atoms with Crippen LogP contribution in [0.1, 0.15) is 52.2 Å². The zero-order chi connectivity index (χ0) is 19.6. The predicted octanol–water partition coefficient (Wildman–Crippen LogP) is 3.92. The Morgan fingerprint density at radius 1 is 1.00 bits per heavy atom. The number of benzene rings is 2. The van der Waals surface area contributed by atoms with Crippen molar-refractivity contribution in [3.8, 4) is 0 Å². The highest BCUT2D eigenvalue weighted by Gasteiger charge is 2.31. The number of ketones is 1. The molecule has 1 unspecified atom stereocenters. The van der Waals surface area contributed by atoms with E-state index in [1.165, 1.54) is 35.2 Å². The summed E-state index contributed by atoms with van der Waals surface area (Å²) in [5.74, 6) is 0.959. The van der Waals surface area contributed by atoms with Crippen LogP contribution in [0.5, 0.6) is 0 Å². The first-order valence-corrected chi connectivity index (χ1v) is 11.2. The molecular weight excluding hydrogens is 358 g/mol. The van der Waals surface area contributed by atoms with Gasteiger partial charge < -0.3 is 10.2 Å². The third-order valence-electron chi connectivity index (χ3n) is 6.95. The second-order valence-electron chi connectivity index (χ2n) is 8.80. The number of carbonyl (C=O) groups is 1. The minimum atomic E-state index is 0.335. The van der Waals surface area contributed by atoms with Gasteiger partial charge in [-0.15, -0.1) is 0 Å². The van der Waals surface area contributed by atoms with E-state index in [1.807, 2.05) is 0 Å². The third-order valence-corrected chi connectivity index (χ3v) is 6.95. The van der Waals surface area contributed by atoms with Crippen LogP contribution in [0, 0.1) is 0 Å². The van der Waals surface area contributed by atoms with Gasteiger partial charge in [0.25, 0.3) is 0 Å². The summed E-state index contributed by atoms with van der Waals surface area (Å²) in [5, 5.41) is 3.53. The Morgan fingerprint density at radius 3 is 2.62 bits per heavy atom. The normalized spacial score (nSPS) is 21.6. The van der Waals surface area contributed by atoms with Crippen LogP contribution in [-0.4, -0.2) is 54.9 Å². The van der Waals surface area contributed by atoms with Crippen LogP contribution in [0.25, 0.3) is 0 Å². The average Bonchev–Trinajstić information content (AvgIpc) is 3.19. The van der Waals surface area contributed by atoms with Crippen molar-refractivity contribution in [2.75, 3.05) is 44.6 Å². The number of hydrogen-bond acceptors (Lipinski definition) is 4. The van der Waals surface area contributed by atoms with Gasteiger partial charge in [0, 0.05) is 69.4 Å². The number of carbonyl (C=O) groups excluding carboxylic acids is 1. The summed E-state index contributed by atoms with van der Waals surface area (Å²) < 4.78 is 0. The molecule has 1 N–H and O–H groups in total. The van der Waals surface area contributed by atoms with E-state index in [2.05, 4.69) is 57.6 Å². The standard InChI is InChI=1S/C25H31N3O/c29-24(21-9-10-23-25-20(17-26-23)7-4-8-22(21)25)11-12-27-13-15-28(16-14-27)18-19-5-2-1-3-6-19/h1-3,5-6,9-10,20,26H,4,7-8,11-18H2. The molecule has 2 heterocycles. The van der Waals surface area contributed by atoms with Crippen molar-refractivity contribution in [2.24, 2.45) is 0 Å². The van der Waals surface area contributed by atoms with E-state index < -0.39 is 0 Å². The lowest BCUT2D eigenvalue weighted by Gasteiger charge is -2.34. The van der Waals surface area contributed by atoms with E-state index in [0.29, 0.717) is 18.1 Å². The third kappa shape index (κ3) is 3.96. The van der Waals surface area contributed by atoms with Gasteiger partial charge in [-0.05, 0) is 48.1 Å². The molecule has 1 aliphatic carbocycles. The maximum Gasteiger partial charge on any atom is 0.164 e. The SMILES string of the molecule is O=C(CCN1CCN(Cc2ccccc2)CC1)c1ccc2c3c1CCCC3CN2. The predicted molar refractivity (Wildman–Crippen MR) is 118 cm³/mol. The quantitative estimate of drug-likeness (QED) is 0.760. The van der Waals surface area contributed by atoms with Gasteiger partial charge in [0.1, 0.15) is 0 Å². The lowest BCUT2D eigenvalue weighted by Crippen LogP contribution is -2.46. The molecule has 2 aliphatic heterocycles. The summed E-state index contributed by atoms with van der Waals surface area (Å²) in [4.78, 5) is 18.0. The van der Waals surface area contributed by atoms with Crippen molar-refractivity contribution in [1.82, 2.24) is 9.80 Å². The summed E-state index contributed by atoms with van der Waals surface area (Å²) in [6.07, 6.45) is 4.19. The van der Waals surface area contributed by atoms with Crippen molar-refractivity contribution < 1.29 is 4.79 Å². The number of nitrogens with zero attached hydrogens (tertiary/aromatic N) is 2. The monoisotopic (exact) mass is 389 g/mol. The molecule has 2 aromatic carbocycles. The summed E-state index contributed by atoms with van der Waals surface area (Å²) in [6.45, 7) is 7.25. The summed E-state index contributed by atoms with van der Waals surface area (Å²) in [7, 11) is 0. The minimum Gasteiger partial charge on any atom is -0.384 e. The molecule has 5 rings (SSSR count). The number of nitrogens with one attached hydrogen (secondary N) is 1. The first-order valence-electron chi connectivity index (χ1n) is 11.2. The number of anilines is 1. The van der Waals surface area contributed by atoms with Gasteiger partial charge in [0.2, 0.25) is 0 Å². The summed E-state index contributed by atoms with van der Waals surface area (Å²) in [6, 6.07) is 14.9. The second-order valence-corrected chi connectivity index (χ2v) is 8.80. The fourth-order valence-electron chi connectivity index (χ4n) is 5.33. The fraction of sp³-hybridized carbons (Fsp3) is 0.480. The Bertz CT molecular complexity index is 871. The van der Waals surface area contributed by atoms with E-state index in [1.54, 1.807) is 0 Å². The fourth-order valence-corrected chi connectivity index (χ4v) is 5.33. The molecule has 29 heavy (non-hydrogen) atoms. The highest BCUT2D eigenvalue weighted by atomic mass is 16.1. The molecule has 1 atom stereocenters. The summed E-state index contributed by atoms with van der Waals surface area (Å²) in [5.41, 5.74) is 6.46. The molecule has 0 amide bonds. The number of hydrogen-bond donors (Lipinski definition) is 1. The van der Waals surface area contributed by atoms with Crippen LogP contribution in [-0.2, 0) is 13.0 Å². The molecule has 3 aliphatic rings. The van der Waals surface area contributed by atoms with Gasteiger partial charge in [-0.3, -0.25) is 9.69 Å². The van der Waals surface area contributed by atoms with Gasteiger partial charge in [-0.25, -0.2) is 0 Å². The van der Waals surface area contributed by atoms with E-state index in [9.17, 15) is 4.79 Å². The molecule has 1 saturated heterocycles. The molecule has 0 saturated carbocycles. The second kappa shape index (κ2) is 8.29. The van der Waals surface area contributed by atoms with Gasteiger partial charge in [-0.1, -0.05) is 30.3 Å². The Labute approximate surface area is 173 Å². The van der Waals surface area contributed by atoms with E-state index in [0.717, 1.165) is 57.8 Å². The highest BCUT2D eigenvalue weighted by Crippen LogP contribution is 2.42. The lowest BCUT2D eigenvalue weighted by atomic mass is 9.81. The van der Waals surface area contributed by atoms with Crippen molar-refractivity contribution in [3.63, 3.8) is 0 Å². The van der Waals surface area contributed by atoms with Gasteiger partial charge in [0.15, 0.2) is 5.78 Å². The molecule has 1 fully saturated rings. The number of piperazine rings is 1. The highest BCUT2D eigenvalue weighted by molar-refractivity contribution is 5.99. The molecule has 4 nitrogen and oxygen atoms in total. The molecule has 0 spiro atoms. The molecule has 2 aromatic rings. The summed E-state index contributed by atoms with van der Waals surface area (Å²) >= 11 is 0. The molecule has 0 aromatic heterocycles. The number of Topliss-reactive ketones (excluding diaryl/α,β-unsaturated/α-hetero) is 1. The molecule has 4 heteroatoms. The van der Waals surface area contributed by atoms with Gasteiger partial charge in [0.05, 0.1) is 0 Å². The zero-order valence-corrected chi connectivity index (χ0v) is 17.2. The molecule has 152 valence electrons. The maximum absolute atomic E-state index is 13.0. The maximum atomic E-state index is 13.0. The minimum absolute atomic E-state index is 0.335. The van der Waals surface area contributed by atoms with Crippen LogP contribution >= 0.6 is 0 Å². The Balaban J connectivity index is 1.15. The van der Waals surface area contributed by atoms with E-state index in [-0.39, 0.29) is 0 Å². The van der Waals surface area contributed by atoms with Crippen LogP contribution < -0.4 is 5.32 Å². The smallest absolute Gasteiger partial charge is 0.164 e. The van der Waals surface area contributed by atoms with E-state index >= 15 is 0 Å². The van der Waals surface area contributed by atoms with Crippen LogP contribution in [0.3, 0.4) is 0 Å². The van der Waals surface area contributed by atoms with Gasteiger partial charge >= 0.3 is 0 Å². The van der Waals surface area contributed by atoms with Gasteiger partial charge in [-0.2, -0.15) is 0 Å². The Morgan fingerprint density at radius 2 is 1.79 bits per heavy atom. The average molecular weight is 390 g/mol. The molecular formula is C25H31N3O. The van der Waals surface area contributed by atoms with Crippen LogP contribution in [0.2, 0.25) is 0 Å². The van der Waals surface area contributed by atoms with Crippen molar-refractivity contribution >= 4 is 11.5 Å². The lowest BCUT2D eigenvalue weighted by molar-refractivity contribution is 0.0921. The Hall–Kier alpha value is -2.17. The topological polar surface area (TPSA) is 35.6 Å². The van der Waals surface area contributed by atoms with E-state index in [4.69, 9.17) is 0 Å². The van der Waals surface area contributed by atoms with Crippen LogP contribution in [0.15, 0.2) is 42.5 Å². The zero-order valence-electron chi connectivity index (χ0n) is 17.2. The molecule has 0 bridgehead atoms. The Kier molecular flexibility index (Phi) is 5.38. The molecule has 0 radical (unpaired) electrons.